The van der Waals surface area contributed by atoms with Crippen LogP contribution < -0.4 is 0 Å². The van der Waals surface area contributed by atoms with Crippen LogP contribution in [-0.2, 0) is 19.1 Å². The normalized spacial score (nSPS) is 34.5. The summed E-state index contributed by atoms with van der Waals surface area (Å²) >= 11 is 0. The molecule has 0 aromatic rings. The third-order valence-corrected chi connectivity index (χ3v) is 8.72. The van der Waals surface area contributed by atoms with Crippen LogP contribution in [-0.4, -0.2) is 34.2 Å². The number of ketones is 3. The summed E-state index contributed by atoms with van der Waals surface area (Å²) in [4.78, 5) is 43.4. The largest absolute Gasteiger partial charge is 0.490 e. The van der Waals surface area contributed by atoms with E-state index in [-0.39, 0.29) is 23.9 Å². The van der Waals surface area contributed by atoms with Gasteiger partial charge < -0.3 is 9.84 Å². The highest BCUT2D eigenvalue weighted by atomic mass is 16.5. The Kier molecular flexibility index (Phi) is 6.96. The van der Waals surface area contributed by atoms with Crippen molar-refractivity contribution in [2.45, 2.75) is 107 Å². The van der Waals surface area contributed by atoms with E-state index in [9.17, 15) is 19.5 Å². The van der Waals surface area contributed by atoms with Gasteiger partial charge in [-0.25, -0.2) is 0 Å². The van der Waals surface area contributed by atoms with Crippen molar-refractivity contribution in [2.24, 2.45) is 28.1 Å². The molecular formula is C30H44O5. The number of carbonyl (C=O) groups is 3. The van der Waals surface area contributed by atoms with E-state index in [1.807, 2.05) is 41.5 Å². The molecule has 0 radical (unpaired) electrons. The van der Waals surface area contributed by atoms with Crippen molar-refractivity contribution in [2.75, 3.05) is 0 Å². The van der Waals surface area contributed by atoms with Crippen molar-refractivity contribution in [1.82, 2.24) is 0 Å². The lowest BCUT2D eigenvalue weighted by atomic mass is 9.39. The second-order valence-electron chi connectivity index (χ2n) is 12.9. The van der Waals surface area contributed by atoms with E-state index in [2.05, 4.69) is 12.2 Å². The number of rotatable bonds is 7. The van der Waals surface area contributed by atoms with E-state index < -0.39 is 39.7 Å². The van der Waals surface area contributed by atoms with Crippen LogP contribution in [0.2, 0.25) is 0 Å². The molecule has 2 bridgehead atoms. The number of hydrogen-bond donors (Lipinski definition) is 1. The molecule has 5 heteroatoms. The molecule has 3 aliphatic rings. The highest BCUT2D eigenvalue weighted by Gasteiger charge is 2.76. The van der Waals surface area contributed by atoms with E-state index in [0.717, 1.165) is 11.1 Å². The lowest BCUT2D eigenvalue weighted by Crippen LogP contribution is -2.70. The minimum absolute atomic E-state index is 0.0822. The Hall–Kier alpha value is -2.01. The molecule has 3 rings (SSSR count). The zero-order valence-corrected chi connectivity index (χ0v) is 23.3. The van der Waals surface area contributed by atoms with Crippen molar-refractivity contribution in [3.05, 3.63) is 34.6 Å². The van der Waals surface area contributed by atoms with Crippen LogP contribution in [0.5, 0.6) is 0 Å². The molecular weight excluding hydrogens is 440 g/mol. The van der Waals surface area contributed by atoms with E-state index in [4.69, 9.17) is 4.74 Å². The molecule has 5 nitrogen and oxygen atoms in total. The lowest BCUT2D eigenvalue weighted by Gasteiger charge is -2.60. The van der Waals surface area contributed by atoms with Gasteiger partial charge in [-0.05, 0) is 73.6 Å². The summed E-state index contributed by atoms with van der Waals surface area (Å²) in [7, 11) is 0. The van der Waals surface area contributed by atoms with E-state index in [0.29, 0.717) is 30.6 Å². The van der Waals surface area contributed by atoms with Crippen molar-refractivity contribution in [3.8, 4) is 0 Å². The molecule has 0 saturated heterocycles. The molecule has 194 valence electrons. The maximum absolute atomic E-state index is 14.6. The van der Waals surface area contributed by atoms with Crippen LogP contribution in [0.15, 0.2) is 34.6 Å². The van der Waals surface area contributed by atoms with Crippen LogP contribution in [0.3, 0.4) is 0 Å². The Labute approximate surface area is 211 Å². The van der Waals surface area contributed by atoms with Gasteiger partial charge in [0.2, 0.25) is 0 Å². The Morgan fingerprint density at radius 3 is 2.17 bits per heavy atom. The molecule has 0 spiro atoms. The number of ether oxygens (including phenoxy) is 1. The predicted octanol–water partition coefficient (Wildman–Crippen LogP) is 5.91. The molecule has 0 unspecified atom stereocenters. The van der Waals surface area contributed by atoms with Gasteiger partial charge in [0.15, 0.2) is 22.8 Å². The third-order valence-electron chi connectivity index (χ3n) is 8.72. The van der Waals surface area contributed by atoms with E-state index in [1.165, 1.54) is 0 Å². The standard InChI is InChI=1S/C30H44O5/c1-17(2)11-12-20-16-28(9)25-21(15-22(35-25)27(7,8)34)24(32)30(26(28)33,23(31)19(5)6)29(20,10)14-13-18(3)4/h11,13,19-20,22,34H,12,14-16H2,1-10H3/t20-,22+,28+,29+,30-/m0/s1. The fourth-order valence-corrected chi connectivity index (χ4v) is 6.56. The Bertz CT molecular complexity index is 1030. The van der Waals surface area contributed by atoms with Gasteiger partial charge in [0, 0.05) is 23.3 Å². The average Bonchev–Trinajstić information content (AvgIpc) is 3.20. The number of carbonyl (C=O) groups excluding carboxylic acids is 3. The number of fused-ring (bicyclic) bond motifs is 3. The van der Waals surface area contributed by atoms with Gasteiger partial charge in [0.25, 0.3) is 0 Å². The maximum Gasteiger partial charge on any atom is 0.184 e. The highest BCUT2D eigenvalue weighted by molar-refractivity contribution is 6.33. The SMILES string of the molecule is CC(C)=CC[C@H]1C[C@@]2(C)C(=O)[C@](C(=O)C(C)C)(C(=O)C3=C2O[C@@H](C(C)(C)O)C3)[C@]1(C)CC=C(C)C. The molecule has 0 amide bonds. The average molecular weight is 485 g/mol. The van der Waals surface area contributed by atoms with Gasteiger partial charge in [-0.3, -0.25) is 14.4 Å². The zero-order chi connectivity index (χ0) is 26.7. The van der Waals surface area contributed by atoms with E-state index >= 15 is 0 Å². The molecule has 2 aliphatic carbocycles. The Balaban J connectivity index is 2.36. The summed E-state index contributed by atoms with van der Waals surface area (Å²) in [6.07, 6.45) is 5.46. The maximum atomic E-state index is 14.6. The number of aliphatic hydroxyl groups is 1. The number of allylic oxidation sites excluding steroid dienone is 5. The third kappa shape index (κ3) is 3.98. The summed E-state index contributed by atoms with van der Waals surface area (Å²) in [6.45, 7) is 18.8. The first-order chi connectivity index (χ1) is 15.9. The fraction of sp³-hybridized carbons (Fsp3) is 0.700. The van der Waals surface area contributed by atoms with Gasteiger partial charge in [-0.2, -0.15) is 0 Å². The van der Waals surface area contributed by atoms with Crippen molar-refractivity contribution < 1.29 is 24.2 Å². The Morgan fingerprint density at radius 2 is 1.69 bits per heavy atom. The molecule has 0 aromatic carbocycles. The molecule has 1 N–H and O–H groups in total. The summed E-state index contributed by atoms with van der Waals surface area (Å²) in [5.74, 6) is -1.17. The zero-order valence-electron chi connectivity index (χ0n) is 23.3. The van der Waals surface area contributed by atoms with Gasteiger partial charge in [-0.15, -0.1) is 0 Å². The monoisotopic (exact) mass is 484 g/mol. The van der Waals surface area contributed by atoms with E-state index in [1.54, 1.807) is 27.7 Å². The van der Waals surface area contributed by atoms with Crippen LogP contribution >= 0.6 is 0 Å². The first-order valence-electron chi connectivity index (χ1n) is 13.0. The number of hydrogen-bond acceptors (Lipinski definition) is 5. The predicted molar refractivity (Wildman–Crippen MR) is 138 cm³/mol. The van der Waals surface area contributed by atoms with Crippen LogP contribution in [0.25, 0.3) is 0 Å². The summed E-state index contributed by atoms with van der Waals surface area (Å²) in [5.41, 5.74) is -2.23. The summed E-state index contributed by atoms with van der Waals surface area (Å²) < 4.78 is 6.23. The highest BCUT2D eigenvalue weighted by Crippen LogP contribution is 2.68. The molecule has 1 heterocycles. The first kappa shape index (κ1) is 27.6. The molecule has 0 aromatic heterocycles. The Morgan fingerprint density at radius 1 is 1.11 bits per heavy atom. The van der Waals surface area contributed by atoms with Gasteiger partial charge in [0.1, 0.15) is 11.9 Å². The molecule has 1 saturated carbocycles. The first-order valence-corrected chi connectivity index (χ1v) is 13.0. The minimum Gasteiger partial charge on any atom is -0.490 e. The molecule has 1 aliphatic heterocycles. The molecule has 5 atom stereocenters. The summed E-state index contributed by atoms with van der Waals surface area (Å²) in [6, 6.07) is 0. The fourth-order valence-electron chi connectivity index (χ4n) is 6.56. The van der Waals surface area contributed by atoms with Crippen LogP contribution in [0.4, 0.5) is 0 Å². The quantitative estimate of drug-likeness (QED) is 0.359. The van der Waals surface area contributed by atoms with Gasteiger partial charge in [-0.1, -0.05) is 44.1 Å². The lowest BCUT2D eigenvalue weighted by molar-refractivity contribution is -0.179. The second kappa shape index (κ2) is 8.83. The van der Waals surface area contributed by atoms with Crippen molar-refractivity contribution >= 4 is 17.3 Å². The van der Waals surface area contributed by atoms with Crippen molar-refractivity contribution in [3.63, 3.8) is 0 Å². The molecule has 35 heavy (non-hydrogen) atoms. The summed E-state index contributed by atoms with van der Waals surface area (Å²) in [5, 5.41) is 10.7. The second-order valence-corrected chi connectivity index (χ2v) is 12.9. The van der Waals surface area contributed by atoms with Gasteiger partial charge in [0.05, 0.1) is 11.0 Å². The van der Waals surface area contributed by atoms with Crippen molar-refractivity contribution in [1.29, 1.82) is 0 Å². The topological polar surface area (TPSA) is 80.7 Å². The van der Waals surface area contributed by atoms with Crippen LogP contribution in [0.1, 0.15) is 94.9 Å². The minimum atomic E-state index is -1.77. The number of Topliss-reactive ketones (excluding diaryl/α,β-unsaturated/α-hetero) is 3. The van der Waals surface area contributed by atoms with Crippen LogP contribution in [0, 0.1) is 28.1 Å². The van der Waals surface area contributed by atoms with Gasteiger partial charge >= 0.3 is 0 Å². The smallest absolute Gasteiger partial charge is 0.184 e. The molecule has 1 fully saturated rings.